The molecule has 2 amide bonds. The second-order valence-corrected chi connectivity index (χ2v) is 4.40. The van der Waals surface area contributed by atoms with Crippen molar-refractivity contribution in [1.29, 1.82) is 0 Å². The van der Waals surface area contributed by atoms with Crippen molar-refractivity contribution in [2.24, 2.45) is 5.84 Å². The molecular weight excluding hydrogens is 285 g/mol. The number of nitrogens with one attached hydrogen (secondary N) is 2. The van der Waals surface area contributed by atoms with Crippen molar-refractivity contribution in [3.63, 3.8) is 0 Å². The Morgan fingerprint density at radius 3 is 2.23 bits per heavy atom. The van der Waals surface area contributed by atoms with Gasteiger partial charge < -0.3 is 5.32 Å². The lowest BCUT2D eigenvalue weighted by Gasteiger charge is -2.09. The highest BCUT2D eigenvalue weighted by atomic mass is 19.1. The number of hydrazine groups is 1. The van der Waals surface area contributed by atoms with E-state index in [2.05, 4.69) is 5.32 Å². The molecule has 0 aliphatic rings. The van der Waals surface area contributed by atoms with Crippen LogP contribution in [0.3, 0.4) is 0 Å². The van der Waals surface area contributed by atoms with Crippen LogP contribution in [0, 0.1) is 5.82 Å². The summed E-state index contributed by atoms with van der Waals surface area (Å²) < 4.78 is 12.9. The summed E-state index contributed by atoms with van der Waals surface area (Å²) in [7, 11) is 0. The van der Waals surface area contributed by atoms with Crippen LogP contribution in [0.5, 0.6) is 0 Å². The molecule has 0 atom stereocenters. The summed E-state index contributed by atoms with van der Waals surface area (Å²) in [6.45, 7) is 0. The summed E-state index contributed by atoms with van der Waals surface area (Å²) in [5.41, 5.74) is 2.87. The first kappa shape index (κ1) is 15.4. The minimum atomic E-state index is -0.659. The van der Waals surface area contributed by atoms with E-state index in [4.69, 9.17) is 5.84 Å². The minimum Gasteiger partial charge on any atom is -0.317 e. The van der Waals surface area contributed by atoms with Gasteiger partial charge in [-0.3, -0.25) is 15.0 Å². The largest absolute Gasteiger partial charge is 0.317 e. The minimum absolute atomic E-state index is 0.0389. The van der Waals surface area contributed by atoms with E-state index in [1.807, 2.05) is 5.43 Å². The van der Waals surface area contributed by atoms with E-state index in [0.717, 1.165) is 0 Å². The number of rotatable bonds is 4. The normalized spacial score (nSPS) is 10.9. The molecule has 2 aromatic rings. The van der Waals surface area contributed by atoms with Gasteiger partial charge in [0.05, 0.1) is 0 Å². The number of carbonyl (C=O) groups excluding carboxylic acids is 2. The molecule has 4 N–H and O–H groups in total. The van der Waals surface area contributed by atoms with Crippen LogP contribution in [0.4, 0.5) is 4.39 Å². The van der Waals surface area contributed by atoms with E-state index in [9.17, 15) is 14.0 Å². The lowest BCUT2D eigenvalue weighted by molar-refractivity contribution is -0.117. The highest BCUT2D eigenvalue weighted by Crippen LogP contribution is 2.08. The SMILES string of the molecule is NNC(=O)C(=Cc1ccc(F)cc1)NC(=O)c1ccccc1. The van der Waals surface area contributed by atoms with Crippen molar-refractivity contribution in [1.82, 2.24) is 10.7 Å². The van der Waals surface area contributed by atoms with Crippen molar-refractivity contribution < 1.29 is 14.0 Å². The summed E-state index contributed by atoms with van der Waals surface area (Å²) in [4.78, 5) is 23.8. The van der Waals surface area contributed by atoms with Gasteiger partial charge in [-0.15, -0.1) is 0 Å². The van der Waals surface area contributed by atoms with Gasteiger partial charge in [0.1, 0.15) is 11.5 Å². The molecule has 0 unspecified atom stereocenters. The van der Waals surface area contributed by atoms with Crippen LogP contribution >= 0.6 is 0 Å². The predicted octanol–water partition coefficient (Wildman–Crippen LogP) is 1.59. The zero-order valence-corrected chi connectivity index (χ0v) is 11.5. The molecule has 2 aromatic carbocycles. The number of nitrogens with two attached hydrogens (primary N) is 1. The molecule has 0 spiro atoms. The zero-order chi connectivity index (χ0) is 15.9. The zero-order valence-electron chi connectivity index (χ0n) is 11.5. The van der Waals surface area contributed by atoms with Crippen molar-refractivity contribution in [3.05, 3.63) is 77.2 Å². The summed E-state index contributed by atoms with van der Waals surface area (Å²) >= 11 is 0. The number of carbonyl (C=O) groups is 2. The first-order valence-corrected chi connectivity index (χ1v) is 6.45. The fourth-order valence-corrected chi connectivity index (χ4v) is 1.75. The van der Waals surface area contributed by atoms with Crippen LogP contribution in [0.2, 0.25) is 0 Å². The quantitative estimate of drug-likeness (QED) is 0.347. The molecule has 0 saturated carbocycles. The molecule has 0 fully saturated rings. The van der Waals surface area contributed by atoms with Crippen molar-refractivity contribution in [2.75, 3.05) is 0 Å². The second kappa shape index (κ2) is 7.14. The van der Waals surface area contributed by atoms with E-state index in [1.165, 1.54) is 30.3 Å². The molecule has 0 bridgehead atoms. The average molecular weight is 299 g/mol. The van der Waals surface area contributed by atoms with Gasteiger partial charge in [-0.2, -0.15) is 0 Å². The smallest absolute Gasteiger partial charge is 0.281 e. The van der Waals surface area contributed by atoms with Gasteiger partial charge in [0.25, 0.3) is 11.8 Å². The molecule has 0 heterocycles. The molecule has 0 saturated heterocycles. The maximum Gasteiger partial charge on any atom is 0.281 e. The molecular formula is C16H14FN3O2. The van der Waals surface area contributed by atoms with Crippen LogP contribution in [0.25, 0.3) is 6.08 Å². The fraction of sp³-hybridized carbons (Fsp3) is 0. The number of halogens is 1. The fourth-order valence-electron chi connectivity index (χ4n) is 1.75. The monoisotopic (exact) mass is 299 g/mol. The van der Waals surface area contributed by atoms with Gasteiger partial charge in [0.15, 0.2) is 0 Å². The third-order valence-corrected chi connectivity index (χ3v) is 2.84. The third kappa shape index (κ3) is 4.00. The van der Waals surface area contributed by atoms with E-state index in [-0.39, 0.29) is 5.70 Å². The molecule has 22 heavy (non-hydrogen) atoms. The van der Waals surface area contributed by atoms with Gasteiger partial charge >= 0.3 is 0 Å². The van der Waals surface area contributed by atoms with Crippen molar-refractivity contribution in [2.45, 2.75) is 0 Å². The summed E-state index contributed by atoms with van der Waals surface area (Å²) in [6, 6.07) is 13.9. The molecule has 0 radical (unpaired) electrons. The summed E-state index contributed by atoms with van der Waals surface area (Å²) in [6.07, 6.45) is 1.41. The maximum atomic E-state index is 12.9. The number of amides is 2. The van der Waals surface area contributed by atoms with Crippen molar-refractivity contribution in [3.8, 4) is 0 Å². The first-order valence-electron chi connectivity index (χ1n) is 6.45. The maximum absolute atomic E-state index is 12.9. The Labute approximate surface area is 126 Å². The number of hydrogen-bond donors (Lipinski definition) is 3. The van der Waals surface area contributed by atoms with E-state index in [0.29, 0.717) is 11.1 Å². The van der Waals surface area contributed by atoms with Crippen molar-refractivity contribution >= 4 is 17.9 Å². The summed E-state index contributed by atoms with van der Waals surface area (Å²) in [5, 5.41) is 2.48. The van der Waals surface area contributed by atoms with Crippen LogP contribution in [0.1, 0.15) is 15.9 Å². The third-order valence-electron chi connectivity index (χ3n) is 2.84. The Morgan fingerprint density at radius 2 is 1.64 bits per heavy atom. The average Bonchev–Trinajstić information content (AvgIpc) is 2.56. The first-order chi connectivity index (χ1) is 10.6. The molecule has 2 rings (SSSR count). The van der Waals surface area contributed by atoms with E-state index >= 15 is 0 Å². The van der Waals surface area contributed by atoms with Gasteiger partial charge in [-0.05, 0) is 35.9 Å². The van der Waals surface area contributed by atoms with E-state index in [1.54, 1.807) is 30.3 Å². The van der Waals surface area contributed by atoms with Gasteiger partial charge in [0.2, 0.25) is 0 Å². The lowest BCUT2D eigenvalue weighted by Crippen LogP contribution is -2.38. The molecule has 0 aliphatic carbocycles. The summed E-state index contributed by atoms with van der Waals surface area (Å²) in [5.74, 6) is 3.61. The Balaban J connectivity index is 2.25. The topological polar surface area (TPSA) is 84.2 Å². The second-order valence-electron chi connectivity index (χ2n) is 4.40. The van der Waals surface area contributed by atoms with Gasteiger partial charge in [0, 0.05) is 5.56 Å². The Hall–Kier alpha value is -2.99. The van der Waals surface area contributed by atoms with Gasteiger partial charge in [-0.1, -0.05) is 30.3 Å². The number of hydrogen-bond acceptors (Lipinski definition) is 3. The van der Waals surface area contributed by atoms with Crippen LogP contribution in [-0.2, 0) is 4.79 Å². The highest BCUT2D eigenvalue weighted by molar-refractivity contribution is 6.05. The predicted molar refractivity (Wildman–Crippen MR) is 80.6 cm³/mol. The van der Waals surface area contributed by atoms with E-state index < -0.39 is 17.6 Å². The van der Waals surface area contributed by atoms with Gasteiger partial charge in [-0.25, -0.2) is 10.2 Å². The lowest BCUT2D eigenvalue weighted by atomic mass is 10.1. The highest BCUT2D eigenvalue weighted by Gasteiger charge is 2.13. The molecule has 5 nitrogen and oxygen atoms in total. The molecule has 0 aliphatic heterocycles. The van der Waals surface area contributed by atoms with Crippen LogP contribution < -0.4 is 16.6 Å². The Morgan fingerprint density at radius 1 is 1.00 bits per heavy atom. The number of benzene rings is 2. The Bertz CT molecular complexity index is 697. The molecule has 6 heteroatoms. The standard InChI is InChI=1S/C16H14FN3O2/c17-13-8-6-11(7-9-13)10-14(16(22)20-18)19-15(21)12-4-2-1-3-5-12/h1-10H,18H2,(H,19,21)(H,20,22). The molecule has 112 valence electrons. The molecule has 0 aromatic heterocycles. The van der Waals surface area contributed by atoms with Crippen LogP contribution in [0.15, 0.2) is 60.3 Å². The Kier molecular flexibility index (Phi) is 5.00. The van der Waals surface area contributed by atoms with Crippen LogP contribution in [-0.4, -0.2) is 11.8 Å².